The van der Waals surface area contributed by atoms with E-state index in [0.29, 0.717) is 0 Å². The van der Waals surface area contributed by atoms with Crippen LogP contribution < -0.4 is 5.32 Å². The van der Waals surface area contributed by atoms with Gasteiger partial charge < -0.3 is 5.32 Å². The van der Waals surface area contributed by atoms with Crippen LogP contribution in [0.15, 0.2) is 24.3 Å². The average molecular weight is 361 g/mol. The standard InChI is InChI=1S/C11H12F4IN/c1-7(8-2-4-9(16)5-3-8)17-6-11(14,15)10(12)13/h2-5,7,10,17H,6H2,1H3. The summed E-state index contributed by atoms with van der Waals surface area (Å²) >= 11 is 2.12. The van der Waals surface area contributed by atoms with Gasteiger partial charge in [-0.2, -0.15) is 8.78 Å². The fraction of sp³-hybridized carbons (Fsp3) is 0.455. The Kier molecular flexibility index (Phi) is 5.18. The van der Waals surface area contributed by atoms with Crippen molar-refractivity contribution in [2.75, 3.05) is 6.54 Å². The van der Waals surface area contributed by atoms with Crippen LogP contribution in [0.1, 0.15) is 18.5 Å². The molecule has 1 unspecified atom stereocenters. The van der Waals surface area contributed by atoms with Crippen LogP contribution in [0.3, 0.4) is 0 Å². The van der Waals surface area contributed by atoms with E-state index in [1.807, 2.05) is 12.1 Å². The highest BCUT2D eigenvalue weighted by atomic mass is 127. The van der Waals surface area contributed by atoms with E-state index in [1.165, 1.54) is 0 Å². The first-order valence-electron chi connectivity index (χ1n) is 4.98. The van der Waals surface area contributed by atoms with Crippen molar-refractivity contribution in [1.82, 2.24) is 5.32 Å². The first kappa shape index (κ1) is 14.7. The number of alkyl halides is 4. The van der Waals surface area contributed by atoms with E-state index in [4.69, 9.17) is 0 Å². The lowest BCUT2D eigenvalue weighted by Gasteiger charge is -2.20. The van der Waals surface area contributed by atoms with E-state index in [-0.39, 0.29) is 0 Å². The number of nitrogens with one attached hydrogen (secondary N) is 1. The highest BCUT2D eigenvalue weighted by molar-refractivity contribution is 14.1. The van der Waals surface area contributed by atoms with Crippen LogP contribution in [0.5, 0.6) is 0 Å². The number of hydrogen-bond donors (Lipinski definition) is 1. The van der Waals surface area contributed by atoms with Crippen molar-refractivity contribution in [1.29, 1.82) is 0 Å². The second kappa shape index (κ2) is 5.99. The predicted octanol–water partition coefficient (Wildman–Crippen LogP) is 3.84. The van der Waals surface area contributed by atoms with Gasteiger partial charge in [0.1, 0.15) is 0 Å². The molecule has 1 aromatic rings. The Morgan fingerprint density at radius 1 is 1.24 bits per heavy atom. The highest BCUT2D eigenvalue weighted by Gasteiger charge is 2.40. The molecule has 1 nitrogen and oxygen atoms in total. The quantitative estimate of drug-likeness (QED) is 0.621. The smallest absolute Gasteiger partial charge is 0.304 e. The molecule has 0 spiro atoms. The molecule has 1 atom stereocenters. The summed E-state index contributed by atoms with van der Waals surface area (Å²) in [6.45, 7) is 0.627. The summed E-state index contributed by atoms with van der Waals surface area (Å²) in [5.74, 6) is -3.99. The van der Waals surface area contributed by atoms with Crippen molar-refractivity contribution in [2.24, 2.45) is 0 Å². The Hall–Kier alpha value is -0.370. The molecule has 0 amide bonds. The van der Waals surface area contributed by atoms with Gasteiger partial charge in [0.15, 0.2) is 0 Å². The van der Waals surface area contributed by atoms with Gasteiger partial charge in [-0.05, 0) is 47.2 Å². The fourth-order valence-electron chi connectivity index (χ4n) is 1.24. The molecular weight excluding hydrogens is 349 g/mol. The van der Waals surface area contributed by atoms with Gasteiger partial charge in [0, 0.05) is 9.61 Å². The maximum Gasteiger partial charge on any atom is 0.319 e. The van der Waals surface area contributed by atoms with E-state index < -0.39 is 24.9 Å². The maximum atomic E-state index is 12.7. The lowest BCUT2D eigenvalue weighted by molar-refractivity contribution is -0.126. The summed E-state index contributed by atoms with van der Waals surface area (Å²) < 4.78 is 50.2. The maximum absolute atomic E-state index is 12.7. The van der Waals surface area contributed by atoms with Crippen molar-refractivity contribution in [3.05, 3.63) is 33.4 Å². The van der Waals surface area contributed by atoms with E-state index >= 15 is 0 Å². The van der Waals surface area contributed by atoms with Crippen LogP contribution in [-0.2, 0) is 0 Å². The normalized spacial score (nSPS) is 14.1. The Morgan fingerprint density at radius 3 is 2.24 bits per heavy atom. The van der Waals surface area contributed by atoms with Crippen LogP contribution in [0.2, 0.25) is 0 Å². The van der Waals surface area contributed by atoms with E-state index in [9.17, 15) is 17.6 Å². The minimum absolute atomic E-state index is 0.392. The minimum atomic E-state index is -3.99. The van der Waals surface area contributed by atoms with Crippen LogP contribution in [0.25, 0.3) is 0 Å². The zero-order chi connectivity index (χ0) is 13.1. The van der Waals surface area contributed by atoms with Gasteiger partial charge >= 0.3 is 12.3 Å². The molecule has 1 rings (SSSR count). The van der Waals surface area contributed by atoms with Crippen molar-refractivity contribution in [3.63, 3.8) is 0 Å². The van der Waals surface area contributed by atoms with Gasteiger partial charge in [0.2, 0.25) is 0 Å². The Morgan fingerprint density at radius 2 is 1.76 bits per heavy atom. The highest BCUT2D eigenvalue weighted by Crippen LogP contribution is 2.23. The zero-order valence-electron chi connectivity index (χ0n) is 9.06. The third kappa shape index (κ3) is 4.42. The molecule has 0 heterocycles. The van der Waals surface area contributed by atoms with Crippen LogP contribution >= 0.6 is 22.6 Å². The lowest BCUT2D eigenvalue weighted by Crippen LogP contribution is -2.39. The van der Waals surface area contributed by atoms with Crippen molar-refractivity contribution in [2.45, 2.75) is 25.3 Å². The van der Waals surface area contributed by atoms with Crippen molar-refractivity contribution in [3.8, 4) is 0 Å². The molecular formula is C11H12F4IN. The van der Waals surface area contributed by atoms with Gasteiger partial charge in [-0.15, -0.1) is 0 Å². The first-order chi connectivity index (χ1) is 7.83. The van der Waals surface area contributed by atoms with Crippen molar-refractivity contribution < 1.29 is 17.6 Å². The topological polar surface area (TPSA) is 12.0 Å². The SMILES string of the molecule is CC(NCC(F)(F)C(F)F)c1ccc(I)cc1. The molecule has 0 saturated heterocycles. The third-order valence-corrected chi connectivity index (χ3v) is 3.05. The molecule has 0 aliphatic carbocycles. The molecule has 0 radical (unpaired) electrons. The van der Waals surface area contributed by atoms with Gasteiger partial charge in [-0.3, -0.25) is 0 Å². The fourth-order valence-corrected chi connectivity index (χ4v) is 1.60. The third-order valence-electron chi connectivity index (χ3n) is 2.33. The molecule has 1 aromatic carbocycles. The van der Waals surface area contributed by atoms with Crippen molar-refractivity contribution >= 4 is 22.6 Å². The molecule has 17 heavy (non-hydrogen) atoms. The van der Waals surface area contributed by atoms with Gasteiger partial charge in [0.05, 0.1) is 6.54 Å². The summed E-state index contributed by atoms with van der Waals surface area (Å²) in [6, 6.07) is 6.83. The zero-order valence-corrected chi connectivity index (χ0v) is 11.2. The predicted molar refractivity (Wildman–Crippen MR) is 66.5 cm³/mol. The van der Waals surface area contributed by atoms with Crippen LogP contribution in [-0.4, -0.2) is 18.9 Å². The summed E-state index contributed by atoms with van der Waals surface area (Å²) in [6.07, 6.45) is -3.64. The number of benzene rings is 1. The van der Waals surface area contributed by atoms with E-state index in [1.54, 1.807) is 19.1 Å². The van der Waals surface area contributed by atoms with E-state index in [0.717, 1.165) is 9.13 Å². The molecule has 96 valence electrons. The Balaban J connectivity index is 2.55. The average Bonchev–Trinajstić information content (AvgIpc) is 2.27. The molecule has 0 saturated carbocycles. The summed E-state index contributed by atoms with van der Waals surface area (Å²) in [4.78, 5) is 0. The molecule has 0 bridgehead atoms. The second-order valence-electron chi connectivity index (χ2n) is 3.72. The molecule has 6 heteroatoms. The largest absolute Gasteiger partial charge is 0.319 e. The summed E-state index contributed by atoms with van der Waals surface area (Å²) in [7, 11) is 0. The van der Waals surface area contributed by atoms with Crippen LogP contribution in [0, 0.1) is 3.57 Å². The molecule has 1 N–H and O–H groups in total. The molecule has 0 fully saturated rings. The molecule has 0 aliphatic rings. The Labute approximate surface area is 111 Å². The van der Waals surface area contributed by atoms with E-state index in [2.05, 4.69) is 27.9 Å². The minimum Gasteiger partial charge on any atom is -0.304 e. The number of rotatable bonds is 5. The second-order valence-corrected chi connectivity index (χ2v) is 4.96. The van der Waals surface area contributed by atoms with Gasteiger partial charge in [-0.25, -0.2) is 8.78 Å². The number of halogens is 5. The monoisotopic (exact) mass is 361 g/mol. The van der Waals surface area contributed by atoms with Gasteiger partial charge in [0.25, 0.3) is 0 Å². The Bertz CT molecular complexity index is 353. The molecule has 0 aliphatic heterocycles. The summed E-state index contributed by atoms with van der Waals surface area (Å²) in [5, 5.41) is 2.41. The molecule has 0 aromatic heterocycles. The van der Waals surface area contributed by atoms with Crippen LogP contribution in [0.4, 0.5) is 17.6 Å². The van der Waals surface area contributed by atoms with Gasteiger partial charge in [-0.1, -0.05) is 12.1 Å². The number of hydrogen-bond acceptors (Lipinski definition) is 1. The lowest BCUT2D eigenvalue weighted by atomic mass is 10.1. The summed E-state index contributed by atoms with van der Waals surface area (Å²) in [5.41, 5.74) is 0.787. The first-order valence-corrected chi connectivity index (χ1v) is 6.05.